The van der Waals surface area contributed by atoms with Crippen LogP contribution in [0.3, 0.4) is 0 Å². The average Bonchev–Trinajstić information content (AvgIpc) is 2.40. The van der Waals surface area contributed by atoms with Crippen molar-refractivity contribution in [3.8, 4) is 5.75 Å². The maximum Gasteiger partial charge on any atom is 0.115 e. The molecule has 2 nitrogen and oxygen atoms in total. The first-order valence-electron chi connectivity index (χ1n) is 7.37. The Bertz CT molecular complexity index is 593. The fraction of sp³-hybridized carbons (Fsp3) is 0.333. The van der Waals surface area contributed by atoms with E-state index in [9.17, 15) is 5.11 Å². The number of rotatable bonds is 5. The molecule has 0 saturated heterocycles. The molecule has 0 aliphatic heterocycles. The predicted molar refractivity (Wildman–Crippen MR) is 82.2 cm³/mol. The van der Waals surface area contributed by atoms with Gasteiger partial charge in [0.25, 0.3) is 0 Å². The second-order valence-corrected chi connectivity index (χ2v) is 5.55. The summed E-state index contributed by atoms with van der Waals surface area (Å²) in [5.41, 5.74) is 4.16. The first-order chi connectivity index (χ1) is 9.78. The number of hydrogen-bond donors (Lipinski definition) is 2. The molecule has 0 aromatic heterocycles. The highest BCUT2D eigenvalue weighted by atomic mass is 16.3. The lowest BCUT2D eigenvalue weighted by atomic mass is 9.72. The minimum absolute atomic E-state index is 0.353. The van der Waals surface area contributed by atoms with E-state index in [1.807, 2.05) is 12.1 Å². The van der Waals surface area contributed by atoms with Gasteiger partial charge in [-0.2, -0.15) is 0 Å². The largest absolute Gasteiger partial charge is 0.508 e. The van der Waals surface area contributed by atoms with Crippen LogP contribution in [0.15, 0.2) is 48.5 Å². The van der Waals surface area contributed by atoms with Crippen LogP contribution in [0.2, 0.25) is 0 Å². The van der Waals surface area contributed by atoms with Crippen molar-refractivity contribution in [1.29, 1.82) is 0 Å². The zero-order valence-electron chi connectivity index (χ0n) is 11.8. The van der Waals surface area contributed by atoms with E-state index in [0.717, 1.165) is 19.4 Å². The standard InChI is InChI=1S/C18H21NO/c1-2-19-18(11-13-6-5-8-15(20)10-13)17-12-14-7-3-4-9-16(14)17/h3-10,17-20H,2,11-12H2,1H3. The van der Waals surface area contributed by atoms with Crippen molar-refractivity contribution in [2.24, 2.45) is 0 Å². The van der Waals surface area contributed by atoms with Crippen molar-refractivity contribution in [3.05, 3.63) is 65.2 Å². The second-order valence-electron chi connectivity index (χ2n) is 5.55. The van der Waals surface area contributed by atoms with Crippen molar-refractivity contribution in [2.45, 2.75) is 31.7 Å². The number of phenolic OH excluding ortho intramolecular Hbond substituents is 1. The summed E-state index contributed by atoms with van der Waals surface area (Å²) in [6, 6.07) is 16.8. The summed E-state index contributed by atoms with van der Waals surface area (Å²) >= 11 is 0. The van der Waals surface area contributed by atoms with Crippen LogP contribution in [0.5, 0.6) is 5.75 Å². The molecule has 0 spiro atoms. The van der Waals surface area contributed by atoms with Crippen molar-refractivity contribution < 1.29 is 5.11 Å². The highest BCUT2D eigenvalue weighted by Crippen LogP contribution is 2.38. The van der Waals surface area contributed by atoms with Crippen LogP contribution >= 0.6 is 0 Å². The van der Waals surface area contributed by atoms with Gasteiger partial charge in [0.2, 0.25) is 0 Å². The molecule has 2 heteroatoms. The van der Waals surface area contributed by atoms with E-state index in [1.165, 1.54) is 16.7 Å². The van der Waals surface area contributed by atoms with Crippen molar-refractivity contribution in [2.75, 3.05) is 6.54 Å². The summed E-state index contributed by atoms with van der Waals surface area (Å²) < 4.78 is 0. The summed E-state index contributed by atoms with van der Waals surface area (Å²) in [7, 11) is 0. The molecule has 0 amide bonds. The number of benzene rings is 2. The van der Waals surface area contributed by atoms with Gasteiger partial charge in [-0.15, -0.1) is 0 Å². The monoisotopic (exact) mass is 267 g/mol. The molecule has 0 fully saturated rings. The third-order valence-electron chi connectivity index (χ3n) is 4.21. The molecule has 1 aliphatic rings. The molecular weight excluding hydrogens is 246 g/mol. The molecule has 2 atom stereocenters. The lowest BCUT2D eigenvalue weighted by Gasteiger charge is -2.37. The van der Waals surface area contributed by atoms with Crippen LogP contribution in [-0.2, 0) is 12.8 Å². The van der Waals surface area contributed by atoms with E-state index in [1.54, 1.807) is 6.07 Å². The fourth-order valence-corrected chi connectivity index (χ4v) is 3.21. The van der Waals surface area contributed by atoms with E-state index in [2.05, 4.69) is 42.6 Å². The van der Waals surface area contributed by atoms with Gasteiger partial charge in [-0.25, -0.2) is 0 Å². The number of phenols is 1. The second kappa shape index (κ2) is 5.68. The molecule has 2 aromatic carbocycles. The summed E-state index contributed by atoms with van der Waals surface area (Å²) in [6.45, 7) is 3.13. The summed E-state index contributed by atoms with van der Waals surface area (Å²) in [6.07, 6.45) is 2.12. The summed E-state index contributed by atoms with van der Waals surface area (Å²) in [5, 5.41) is 13.2. The van der Waals surface area contributed by atoms with Gasteiger partial charge in [0, 0.05) is 12.0 Å². The highest BCUT2D eigenvalue weighted by Gasteiger charge is 2.32. The van der Waals surface area contributed by atoms with Gasteiger partial charge in [-0.1, -0.05) is 43.3 Å². The van der Waals surface area contributed by atoms with Crippen molar-refractivity contribution in [3.63, 3.8) is 0 Å². The lowest BCUT2D eigenvalue weighted by Crippen LogP contribution is -2.41. The molecule has 0 heterocycles. The van der Waals surface area contributed by atoms with Gasteiger partial charge in [0.1, 0.15) is 5.75 Å². The van der Waals surface area contributed by atoms with Gasteiger partial charge in [-0.05, 0) is 48.2 Å². The average molecular weight is 267 g/mol. The molecule has 0 radical (unpaired) electrons. The Hall–Kier alpha value is -1.80. The predicted octanol–water partition coefficient (Wildman–Crippen LogP) is 3.25. The van der Waals surface area contributed by atoms with E-state index < -0.39 is 0 Å². The van der Waals surface area contributed by atoms with Crippen LogP contribution < -0.4 is 5.32 Å². The summed E-state index contributed by atoms with van der Waals surface area (Å²) in [4.78, 5) is 0. The van der Waals surface area contributed by atoms with Gasteiger partial charge < -0.3 is 10.4 Å². The molecule has 20 heavy (non-hydrogen) atoms. The van der Waals surface area contributed by atoms with Crippen molar-refractivity contribution >= 4 is 0 Å². The Balaban J connectivity index is 1.77. The smallest absolute Gasteiger partial charge is 0.115 e. The Kier molecular flexibility index (Phi) is 3.75. The first-order valence-corrected chi connectivity index (χ1v) is 7.37. The quantitative estimate of drug-likeness (QED) is 0.871. The van der Waals surface area contributed by atoms with Crippen LogP contribution in [0.4, 0.5) is 0 Å². The van der Waals surface area contributed by atoms with Gasteiger partial charge >= 0.3 is 0 Å². The maximum absolute atomic E-state index is 9.60. The topological polar surface area (TPSA) is 32.3 Å². The number of fused-ring (bicyclic) bond motifs is 1. The number of likely N-dealkylation sites (N-methyl/N-ethyl adjacent to an activating group) is 1. The number of aromatic hydroxyl groups is 1. The van der Waals surface area contributed by atoms with E-state index in [0.29, 0.717) is 17.7 Å². The molecule has 2 unspecified atom stereocenters. The van der Waals surface area contributed by atoms with Gasteiger partial charge in [-0.3, -0.25) is 0 Å². The first kappa shape index (κ1) is 13.2. The number of nitrogens with one attached hydrogen (secondary N) is 1. The zero-order chi connectivity index (χ0) is 13.9. The lowest BCUT2D eigenvalue weighted by molar-refractivity contribution is 0.404. The van der Waals surface area contributed by atoms with Crippen LogP contribution in [-0.4, -0.2) is 17.7 Å². The number of hydrogen-bond acceptors (Lipinski definition) is 2. The van der Waals surface area contributed by atoms with Crippen LogP contribution in [0.25, 0.3) is 0 Å². The maximum atomic E-state index is 9.60. The molecular formula is C18H21NO. The minimum Gasteiger partial charge on any atom is -0.508 e. The Morgan fingerprint density at radius 1 is 1.20 bits per heavy atom. The van der Waals surface area contributed by atoms with E-state index >= 15 is 0 Å². The van der Waals surface area contributed by atoms with Crippen LogP contribution in [0, 0.1) is 0 Å². The molecule has 104 valence electrons. The molecule has 0 bridgehead atoms. The normalized spacial score (nSPS) is 18.1. The van der Waals surface area contributed by atoms with Gasteiger partial charge in [0.15, 0.2) is 0 Å². The molecule has 3 rings (SSSR count). The highest BCUT2D eigenvalue weighted by molar-refractivity contribution is 5.42. The molecule has 2 N–H and O–H groups in total. The summed E-state index contributed by atoms with van der Waals surface area (Å²) in [5.74, 6) is 0.945. The Morgan fingerprint density at radius 2 is 2.05 bits per heavy atom. The molecule has 2 aromatic rings. The SMILES string of the molecule is CCNC(Cc1cccc(O)c1)C1Cc2ccccc21. The molecule has 1 aliphatic carbocycles. The minimum atomic E-state index is 0.353. The van der Waals surface area contributed by atoms with Crippen LogP contribution in [0.1, 0.15) is 29.5 Å². The van der Waals surface area contributed by atoms with E-state index in [-0.39, 0.29) is 0 Å². The third kappa shape index (κ3) is 2.56. The fourth-order valence-electron chi connectivity index (χ4n) is 3.21. The van der Waals surface area contributed by atoms with Crippen molar-refractivity contribution in [1.82, 2.24) is 5.32 Å². The Morgan fingerprint density at radius 3 is 2.80 bits per heavy atom. The third-order valence-corrected chi connectivity index (χ3v) is 4.21. The van der Waals surface area contributed by atoms with Gasteiger partial charge in [0.05, 0.1) is 0 Å². The molecule has 0 saturated carbocycles. The zero-order valence-corrected chi connectivity index (χ0v) is 11.8. The Labute approximate surface area is 120 Å². The van der Waals surface area contributed by atoms with E-state index in [4.69, 9.17) is 0 Å².